The average Bonchev–Trinajstić information content (AvgIpc) is 2.90. The number of H-pyrrole nitrogens is 1. The van der Waals surface area contributed by atoms with E-state index in [0.717, 1.165) is 21.4 Å². The Hall–Kier alpha value is -1.95. The first-order valence-corrected chi connectivity index (χ1v) is 8.94. The first-order chi connectivity index (χ1) is 11.3. The molecule has 0 aliphatic carbocycles. The molecule has 0 fully saturated rings. The highest BCUT2D eigenvalue weighted by Gasteiger charge is 2.25. The van der Waals surface area contributed by atoms with E-state index in [-0.39, 0.29) is 11.2 Å². The molecule has 6 heteroatoms. The number of hydrogen-bond donors (Lipinski definition) is 3. The zero-order valence-corrected chi connectivity index (χ0v) is 15.2. The number of fused-ring (bicyclic) bond motifs is 1. The summed E-state index contributed by atoms with van der Waals surface area (Å²) < 4.78 is 0. The van der Waals surface area contributed by atoms with Gasteiger partial charge in [-0.1, -0.05) is 26.0 Å². The second kappa shape index (κ2) is 7.75. The van der Waals surface area contributed by atoms with Crippen LogP contribution in [0.5, 0.6) is 0 Å². The van der Waals surface area contributed by atoms with Crippen LogP contribution in [0.4, 0.5) is 0 Å². The molecule has 0 saturated heterocycles. The summed E-state index contributed by atoms with van der Waals surface area (Å²) in [7, 11) is 0. The molecule has 3 N–H and O–H groups in total. The summed E-state index contributed by atoms with van der Waals surface area (Å²) in [4.78, 5) is 27.8. The van der Waals surface area contributed by atoms with Crippen LogP contribution in [0.1, 0.15) is 32.8 Å². The van der Waals surface area contributed by atoms with Gasteiger partial charge in [-0.15, -0.1) is 11.8 Å². The molecular formula is C18H24N2O3S. The Bertz CT molecular complexity index is 739. The van der Waals surface area contributed by atoms with Crippen molar-refractivity contribution in [3.8, 4) is 0 Å². The van der Waals surface area contributed by atoms with Gasteiger partial charge in [0.25, 0.3) is 0 Å². The van der Waals surface area contributed by atoms with E-state index in [1.54, 1.807) is 0 Å². The third-order valence-electron chi connectivity index (χ3n) is 3.85. The molecule has 0 aliphatic heterocycles. The lowest BCUT2D eigenvalue weighted by Crippen LogP contribution is -2.43. The zero-order valence-electron chi connectivity index (χ0n) is 14.4. The number of aromatic nitrogens is 1. The zero-order chi connectivity index (χ0) is 17.9. The van der Waals surface area contributed by atoms with Crippen LogP contribution in [0, 0.1) is 12.8 Å². The molecule has 0 radical (unpaired) electrons. The van der Waals surface area contributed by atoms with Crippen LogP contribution in [0.2, 0.25) is 0 Å². The van der Waals surface area contributed by atoms with Gasteiger partial charge in [-0.25, -0.2) is 0 Å². The second-order valence-electron chi connectivity index (χ2n) is 6.45. The van der Waals surface area contributed by atoms with Crippen molar-refractivity contribution < 1.29 is 14.7 Å². The third-order valence-corrected chi connectivity index (χ3v) is 5.12. The Labute approximate surface area is 146 Å². The Kier molecular flexibility index (Phi) is 5.94. The molecule has 2 rings (SSSR count). The molecule has 2 atom stereocenters. The van der Waals surface area contributed by atoms with Gasteiger partial charge in [0.2, 0.25) is 5.91 Å². The number of aryl methyl sites for hydroxylation is 1. The number of benzene rings is 1. The van der Waals surface area contributed by atoms with E-state index < -0.39 is 12.0 Å². The molecule has 0 spiro atoms. The number of carboxylic acids is 1. The summed E-state index contributed by atoms with van der Waals surface area (Å²) in [6, 6.07) is 5.16. The minimum absolute atomic E-state index is 0.230. The molecule has 24 heavy (non-hydrogen) atoms. The molecule has 0 bridgehead atoms. The van der Waals surface area contributed by atoms with Crippen molar-refractivity contribution in [2.24, 2.45) is 5.92 Å². The molecule has 0 aliphatic rings. The van der Waals surface area contributed by atoms with Gasteiger partial charge in [0, 0.05) is 22.0 Å². The Balaban J connectivity index is 2.24. The fourth-order valence-corrected chi connectivity index (χ4v) is 4.06. The third kappa shape index (κ3) is 4.32. The van der Waals surface area contributed by atoms with Crippen LogP contribution in [0.25, 0.3) is 10.9 Å². The first-order valence-electron chi connectivity index (χ1n) is 8.06. The molecule has 130 valence electrons. The fourth-order valence-electron chi connectivity index (χ4n) is 2.58. The van der Waals surface area contributed by atoms with Crippen LogP contribution in [0.15, 0.2) is 29.3 Å². The van der Waals surface area contributed by atoms with E-state index in [0.29, 0.717) is 12.3 Å². The van der Waals surface area contributed by atoms with Crippen LogP contribution in [-0.4, -0.2) is 33.3 Å². The molecule has 2 aromatic rings. The molecule has 1 heterocycles. The van der Waals surface area contributed by atoms with E-state index in [1.807, 2.05) is 31.3 Å². The molecule has 0 saturated carbocycles. The highest BCUT2D eigenvalue weighted by atomic mass is 32.2. The monoisotopic (exact) mass is 348 g/mol. The summed E-state index contributed by atoms with van der Waals surface area (Å²) in [5, 5.41) is 12.4. The number of hydrogen-bond acceptors (Lipinski definition) is 3. The van der Waals surface area contributed by atoms with Crippen molar-refractivity contribution in [3.05, 3.63) is 30.0 Å². The topological polar surface area (TPSA) is 82.2 Å². The lowest BCUT2D eigenvalue weighted by Gasteiger charge is -2.19. The summed E-state index contributed by atoms with van der Waals surface area (Å²) in [5.74, 6) is -0.925. The Morgan fingerprint density at radius 3 is 2.62 bits per heavy atom. The van der Waals surface area contributed by atoms with Crippen LogP contribution < -0.4 is 5.32 Å². The molecule has 2 unspecified atom stereocenters. The summed E-state index contributed by atoms with van der Waals surface area (Å²) in [6.45, 7) is 7.64. The summed E-state index contributed by atoms with van der Waals surface area (Å²) >= 11 is 1.49. The largest absolute Gasteiger partial charge is 0.480 e. The number of nitrogens with one attached hydrogen (secondary N) is 2. The smallest absolute Gasteiger partial charge is 0.325 e. The van der Waals surface area contributed by atoms with E-state index in [4.69, 9.17) is 5.11 Å². The maximum Gasteiger partial charge on any atom is 0.325 e. The number of carbonyl (C=O) groups excluding carboxylic acids is 1. The lowest BCUT2D eigenvalue weighted by molar-refractivity contribution is -0.141. The predicted octanol–water partition coefficient (Wildman–Crippen LogP) is 3.57. The lowest BCUT2D eigenvalue weighted by atomic mass is 10.1. The van der Waals surface area contributed by atoms with E-state index in [1.165, 1.54) is 18.7 Å². The molecule has 1 aromatic heterocycles. The SMILES string of the molecule is Cc1cccc2[nH]cc(SC(CC(C)C)C(=O)NC(C)C(=O)O)c12. The van der Waals surface area contributed by atoms with Crippen molar-refractivity contribution in [1.29, 1.82) is 0 Å². The van der Waals surface area contributed by atoms with Crippen LogP contribution in [0.3, 0.4) is 0 Å². The van der Waals surface area contributed by atoms with Gasteiger partial charge in [-0.2, -0.15) is 0 Å². The number of carboxylic acid groups (broad SMARTS) is 1. The number of aliphatic carboxylic acids is 1. The minimum Gasteiger partial charge on any atom is -0.480 e. The number of thioether (sulfide) groups is 1. The van der Waals surface area contributed by atoms with E-state index in [2.05, 4.69) is 24.1 Å². The van der Waals surface area contributed by atoms with Gasteiger partial charge >= 0.3 is 5.97 Å². The van der Waals surface area contributed by atoms with Gasteiger partial charge in [-0.05, 0) is 37.8 Å². The number of carbonyl (C=O) groups is 2. The maximum atomic E-state index is 12.5. The van der Waals surface area contributed by atoms with Crippen LogP contribution in [-0.2, 0) is 9.59 Å². The van der Waals surface area contributed by atoms with Crippen LogP contribution >= 0.6 is 11.8 Å². The van der Waals surface area contributed by atoms with Gasteiger partial charge < -0.3 is 15.4 Å². The van der Waals surface area contributed by atoms with Gasteiger partial charge in [0.15, 0.2) is 0 Å². The van der Waals surface area contributed by atoms with Crippen molar-refractivity contribution in [2.45, 2.75) is 50.3 Å². The van der Waals surface area contributed by atoms with Gasteiger partial charge in [0.05, 0.1) is 5.25 Å². The average molecular weight is 348 g/mol. The summed E-state index contributed by atoms with van der Waals surface area (Å²) in [6.07, 6.45) is 2.60. The standard InChI is InChI=1S/C18H24N2O3S/c1-10(2)8-14(17(21)20-12(4)18(22)23)24-15-9-19-13-7-5-6-11(3)16(13)15/h5-7,9-10,12,14,19H,8H2,1-4H3,(H,20,21)(H,22,23). The molecule has 5 nitrogen and oxygen atoms in total. The van der Waals surface area contributed by atoms with Crippen molar-refractivity contribution >= 4 is 34.5 Å². The van der Waals surface area contributed by atoms with Crippen molar-refractivity contribution in [1.82, 2.24) is 10.3 Å². The number of rotatable bonds is 7. The van der Waals surface area contributed by atoms with E-state index >= 15 is 0 Å². The quantitative estimate of drug-likeness (QED) is 0.668. The van der Waals surface area contributed by atoms with E-state index in [9.17, 15) is 9.59 Å². The van der Waals surface area contributed by atoms with Crippen molar-refractivity contribution in [3.63, 3.8) is 0 Å². The highest BCUT2D eigenvalue weighted by molar-refractivity contribution is 8.00. The molecule has 1 aromatic carbocycles. The maximum absolute atomic E-state index is 12.5. The first kappa shape index (κ1) is 18.4. The highest BCUT2D eigenvalue weighted by Crippen LogP contribution is 2.35. The predicted molar refractivity (Wildman–Crippen MR) is 97.4 cm³/mol. The Morgan fingerprint density at radius 1 is 1.29 bits per heavy atom. The molecule has 1 amide bonds. The minimum atomic E-state index is -1.03. The Morgan fingerprint density at radius 2 is 2.00 bits per heavy atom. The summed E-state index contributed by atoms with van der Waals surface area (Å²) in [5.41, 5.74) is 2.19. The number of amides is 1. The molecular weight excluding hydrogens is 324 g/mol. The fraction of sp³-hybridized carbons (Fsp3) is 0.444. The normalized spacial score (nSPS) is 13.9. The van der Waals surface area contributed by atoms with Gasteiger partial charge in [0.1, 0.15) is 6.04 Å². The van der Waals surface area contributed by atoms with Gasteiger partial charge in [-0.3, -0.25) is 9.59 Å². The number of aromatic amines is 1. The van der Waals surface area contributed by atoms with Crippen molar-refractivity contribution in [2.75, 3.05) is 0 Å². The second-order valence-corrected chi connectivity index (χ2v) is 7.70.